The van der Waals surface area contributed by atoms with Crippen molar-refractivity contribution in [2.75, 3.05) is 13.6 Å². The molecule has 8 nitrogen and oxygen atoms in total. The van der Waals surface area contributed by atoms with Crippen molar-refractivity contribution in [1.82, 2.24) is 20.7 Å². The summed E-state index contributed by atoms with van der Waals surface area (Å²) in [7, 11) is 1.88. The number of urea groups is 1. The molecule has 1 aromatic heterocycles. The van der Waals surface area contributed by atoms with E-state index in [9.17, 15) is 14.4 Å². The Morgan fingerprint density at radius 1 is 1.36 bits per heavy atom. The largest absolute Gasteiger partial charge is 0.468 e. The van der Waals surface area contributed by atoms with E-state index in [4.69, 9.17) is 4.42 Å². The molecule has 0 atom stereocenters. The first-order chi connectivity index (χ1) is 12.0. The highest BCUT2D eigenvalue weighted by molar-refractivity contribution is 6.07. The highest BCUT2D eigenvalue weighted by Crippen LogP contribution is 2.32. The van der Waals surface area contributed by atoms with Gasteiger partial charge >= 0.3 is 6.03 Å². The molecule has 2 heterocycles. The van der Waals surface area contributed by atoms with Gasteiger partial charge in [-0.3, -0.25) is 19.9 Å². The van der Waals surface area contributed by atoms with Gasteiger partial charge in [-0.05, 0) is 32.0 Å². The van der Waals surface area contributed by atoms with Crippen LogP contribution in [-0.2, 0) is 16.1 Å². The van der Waals surface area contributed by atoms with Gasteiger partial charge in [0.25, 0.3) is 5.91 Å². The molecule has 2 fully saturated rings. The van der Waals surface area contributed by atoms with E-state index >= 15 is 0 Å². The van der Waals surface area contributed by atoms with Gasteiger partial charge < -0.3 is 9.73 Å². The van der Waals surface area contributed by atoms with Crippen molar-refractivity contribution >= 4 is 17.8 Å². The maximum absolute atomic E-state index is 12.6. The summed E-state index contributed by atoms with van der Waals surface area (Å²) in [6, 6.07) is 3.14. The molecule has 1 aromatic rings. The molecule has 1 aliphatic heterocycles. The first-order valence-electron chi connectivity index (χ1n) is 8.67. The Morgan fingerprint density at radius 2 is 2.12 bits per heavy atom. The van der Waals surface area contributed by atoms with Crippen LogP contribution in [-0.4, -0.2) is 46.9 Å². The third-order valence-electron chi connectivity index (χ3n) is 4.83. The van der Waals surface area contributed by atoms with Crippen LogP contribution in [0.3, 0.4) is 0 Å². The number of hydrogen-bond donors (Lipinski definition) is 2. The summed E-state index contributed by atoms with van der Waals surface area (Å²) >= 11 is 0. The average molecular weight is 348 g/mol. The molecule has 0 unspecified atom stereocenters. The van der Waals surface area contributed by atoms with Gasteiger partial charge in [-0.1, -0.05) is 19.3 Å². The molecule has 3 rings (SSSR count). The van der Waals surface area contributed by atoms with Crippen molar-refractivity contribution in [1.29, 1.82) is 0 Å². The molecular formula is C17H24N4O4. The van der Waals surface area contributed by atoms with E-state index in [0.29, 0.717) is 25.9 Å². The number of hydrazine groups is 1. The second-order valence-corrected chi connectivity index (χ2v) is 6.82. The predicted octanol–water partition coefficient (Wildman–Crippen LogP) is 1.39. The van der Waals surface area contributed by atoms with E-state index in [1.165, 1.54) is 0 Å². The molecule has 1 saturated carbocycles. The zero-order valence-electron chi connectivity index (χ0n) is 14.4. The van der Waals surface area contributed by atoms with Crippen LogP contribution < -0.4 is 10.7 Å². The highest BCUT2D eigenvalue weighted by Gasteiger charge is 2.52. The Morgan fingerprint density at radius 3 is 2.80 bits per heavy atom. The minimum absolute atomic E-state index is 0.182. The number of amides is 4. The summed E-state index contributed by atoms with van der Waals surface area (Å²) in [5.74, 6) is 0.119. The minimum atomic E-state index is -0.821. The van der Waals surface area contributed by atoms with Gasteiger partial charge in [0, 0.05) is 13.0 Å². The van der Waals surface area contributed by atoms with Crippen molar-refractivity contribution in [2.24, 2.45) is 0 Å². The second-order valence-electron chi connectivity index (χ2n) is 6.82. The van der Waals surface area contributed by atoms with Crippen molar-refractivity contribution in [3.05, 3.63) is 24.2 Å². The van der Waals surface area contributed by atoms with Gasteiger partial charge in [-0.25, -0.2) is 4.79 Å². The molecule has 0 bridgehead atoms. The maximum atomic E-state index is 12.6. The van der Waals surface area contributed by atoms with E-state index in [0.717, 1.165) is 30.0 Å². The third-order valence-corrected chi connectivity index (χ3v) is 4.83. The lowest BCUT2D eigenvalue weighted by atomic mass is 9.82. The molecule has 1 spiro atoms. The Kier molecular flexibility index (Phi) is 5.08. The van der Waals surface area contributed by atoms with Crippen molar-refractivity contribution in [3.63, 3.8) is 0 Å². The number of furan rings is 1. The second kappa shape index (κ2) is 7.26. The zero-order valence-corrected chi connectivity index (χ0v) is 14.4. The molecule has 4 amide bonds. The van der Waals surface area contributed by atoms with E-state index < -0.39 is 11.6 Å². The Balaban J connectivity index is 1.49. The summed E-state index contributed by atoms with van der Waals surface area (Å²) in [5, 5.41) is 3.62. The monoisotopic (exact) mass is 348 g/mol. The van der Waals surface area contributed by atoms with E-state index in [2.05, 4.69) is 10.7 Å². The van der Waals surface area contributed by atoms with Gasteiger partial charge in [0.2, 0.25) is 5.91 Å². The Labute approximate surface area is 146 Å². The van der Waals surface area contributed by atoms with E-state index in [1.54, 1.807) is 6.26 Å². The predicted molar refractivity (Wildman–Crippen MR) is 89.0 cm³/mol. The van der Waals surface area contributed by atoms with Crippen LogP contribution in [0, 0.1) is 0 Å². The average Bonchev–Trinajstić information content (AvgIpc) is 3.17. The molecule has 2 aliphatic rings. The summed E-state index contributed by atoms with van der Waals surface area (Å²) in [6.45, 7) is 1.08. The molecule has 1 saturated heterocycles. The third kappa shape index (κ3) is 3.84. The number of imide groups is 1. The quantitative estimate of drug-likeness (QED) is 0.758. The molecule has 0 aromatic carbocycles. The molecule has 8 heteroatoms. The minimum Gasteiger partial charge on any atom is -0.468 e. The van der Waals surface area contributed by atoms with Crippen LogP contribution in [0.25, 0.3) is 0 Å². The van der Waals surface area contributed by atoms with Gasteiger partial charge in [-0.2, -0.15) is 5.01 Å². The normalized spacial score (nSPS) is 19.5. The van der Waals surface area contributed by atoms with E-state index in [1.807, 2.05) is 24.1 Å². The topological polar surface area (TPSA) is 94.9 Å². The van der Waals surface area contributed by atoms with Gasteiger partial charge in [0.15, 0.2) is 0 Å². The van der Waals surface area contributed by atoms with Gasteiger partial charge in [-0.15, -0.1) is 0 Å². The zero-order chi connectivity index (χ0) is 17.9. The lowest BCUT2D eigenvalue weighted by Crippen LogP contribution is -2.51. The molecule has 136 valence electrons. The van der Waals surface area contributed by atoms with Crippen molar-refractivity contribution < 1.29 is 18.8 Å². The van der Waals surface area contributed by atoms with Crippen LogP contribution >= 0.6 is 0 Å². The van der Waals surface area contributed by atoms with Crippen LogP contribution in [0.15, 0.2) is 22.8 Å². The fourth-order valence-electron chi connectivity index (χ4n) is 3.44. The first-order valence-corrected chi connectivity index (χ1v) is 8.67. The fraction of sp³-hybridized carbons (Fsp3) is 0.588. The summed E-state index contributed by atoms with van der Waals surface area (Å²) in [5.41, 5.74) is 1.63. The molecule has 0 radical (unpaired) electrons. The number of nitrogens with zero attached hydrogens (tertiary/aromatic N) is 2. The SMILES string of the molecule is CN(CCC(=O)NN1C(=O)NC2(CCCCC2)C1=O)Cc1ccco1. The van der Waals surface area contributed by atoms with Crippen molar-refractivity contribution in [2.45, 2.75) is 50.6 Å². The summed E-state index contributed by atoms with van der Waals surface area (Å²) < 4.78 is 5.26. The Hall–Kier alpha value is -2.35. The number of carbonyl (C=O) groups excluding carboxylic acids is 3. The highest BCUT2D eigenvalue weighted by atomic mass is 16.3. The van der Waals surface area contributed by atoms with Crippen LogP contribution in [0.5, 0.6) is 0 Å². The number of nitrogens with one attached hydrogen (secondary N) is 2. The maximum Gasteiger partial charge on any atom is 0.344 e. The molecular weight excluding hydrogens is 324 g/mol. The smallest absolute Gasteiger partial charge is 0.344 e. The number of carbonyl (C=O) groups is 3. The fourth-order valence-corrected chi connectivity index (χ4v) is 3.44. The lowest BCUT2D eigenvalue weighted by Gasteiger charge is -2.30. The number of hydrogen-bond acceptors (Lipinski definition) is 5. The molecule has 1 aliphatic carbocycles. The molecule has 2 N–H and O–H groups in total. The van der Waals surface area contributed by atoms with Crippen LogP contribution in [0.1, 0.15) is 44.3 Å². The molecule has 25 heavy (non-hydrogen) atoms. The summed E-state index contributed by atoms with van der Waals surface area (Å²) in [6.07, 6.45) is 5.94. The van der Waals surface area contributed by atoms with Gasteiger partial charge in [0.1, 0.15) is 11.3 Å². The standard InChI is InChI=1S/C17H24N4O4/c1-20(12-13-6-5-11-25-13)10-7-14(22)19-21-15(23)17(18-16(21)24)8-3-2-4-9-17/h5-6,11H,2-4,7-10,12H2,1H3,(H,18,24)(H,19,22). The van der Waals surface area contributed by atoms with Crippen LogP contribution in [0.4, 0.5) is 4.79 Å². The van der Waals surface area contributed by atoms with Crippen molar-refractivity contribution in [3.8, 4) is 0 Å². The first kappa shape index (κ1) is 17.5. The Bertz CT molecular complexity index is 637. The van der Waals surface area contributed by atoms with Gasteiger partial charge in [0.05, 0.1) is 12.8 Å². The van der Waals surface area contributed by atoms with Crippen LogP contribution in [0.2, 0.25) is 0 Å². The van der Waals surface area contributed by atoms with E-state index in [-0.39, 0.29) is 18.2 Å². The lowest BCUT2D eigenvalue weighted by molar-refractivity contribution is -0.140. The number of rotatable bonds is 6. The summed E-state index contributed by atoms with van der Waals surface area (Å²) in [4.78, 5) is 38.8.